The third-order valence-electron chi connectivity index (χ3n) is 3.75. The zero-order valence-corrected chi connectivity index (χ0v) is 14.4. The number of primary amides is 1. The van der Waals surface area contributed by atoms with E-state index in [2.05, 4.69) is 12.2 Å². The number of benzene rings is 1. The zero-order chi connectivity index (χ0) is 17.8. The van der Waals surface area contributed by atoms with E-state index >= 15 is 0 Å². The van der Waals surface area contributed by atoms with Crippen LogP contribution in [0.1, 0.15) is 63.9 Å². The minimum atomic E-state index is -0.684. The second-order valence-corrected chi connectivity index (χ2v) is 5.93. The van der Waals surface area contributed by atoms with Gasteiger partial charge in [0.15, 0.2) is 0 Å². The molecule has 1 aromatic carbocycles. The number of rotatable bonds is 11. The first-order valence-corrected chi connectivity index (χ1v) is 8.63. The fourth-order valence-electron chi connectivity index (χ4n) is 2.36. The van der Waals surface area contributed by atoms with Crippen LogP contribution >= 0.6 is 0 Å². The summed E-state index contributed by atoms with van der Waals surface area (Å²) in [7, 11) is 0. The van der Waals surface area contributed by atoms with Gasteiger partial charge in [0.05, 0.1) is 0 Å². The van der Waals surface area contributed by atoms with Gasteiger partial charge in [-0.15, -0.1) is 0 Å². The van der Waals surface area contributed by atoms with Crippen LogP contribution in [0.3, 0.4) is 0 Å². The minimum absolute atomic E-state index is 0.0636. The molecule has 0 unspecified atom stereocenters. The molecule has 0 fully saturated rings. The van der Waals surface area contributed by atoms with Gasteiger partial charge in [0.1, 0.15) is 11.4 Å². The molecule has 0 radical (unpaired) electrons. The molecule has 1 aromatic rings. The third-order valence-corrected chi connectivity index (χ3v) is 3.75. The second kappa shape index (κ2) is 11.3. The molecule has 4 N–H and O–H groups in total. The van der Waals surface area contributed by atoms with E-state index in [0.717, 1.165) is 19.3 Å². The Morgan fingerprint density at radius 3 is 2.21 bits per heavy atom. The normalized spacial score (nSPS) is 11.3. The minimum Gasteiger partial charge on any atom is -0.508 e. The number of nitrogens with one attached hydrogen (secondary N) is 1. The fraction of sp³-hybridized carbons (Fsp3) is 0.474. The van der Waals surface area contributed by atoms with E-state index in [9.17, 15) is 14.7 Å². The lowest BCUT2D eigenvalue weighted by atomic mass is 10.1. The Hall–Kier alpha value is -2.30. The molecule has 1 rings (SSSR count). The van der Waals surface area contributed by atoms with Gasteiger partial charge >= 0.3 is 0 Å². The monoisotopic (exact) mass is 332 g/mol. The maximum atomic E-state index is 11.9. The van der Waals surface area contributed by atoms with Crippen molar-refractivity contribution in [2.75, 3.05) is 0 Å². The fourth-order valence-corrected chi connectivity index (χ4v) is 2.36. The van der Waals surface area contributed by atoms with E-state index in [1.165, 1.54) is 43.9 Å². The van der Waals surface area contributed by atoms with Gasteiger partial charge in [-0.05, 0) is 30.2 Å². The van der Waals surface area contributed by atoms with E-state index in [0.29, 0.717) is 12.0 Å². The number of phenolic OH excluding ortho intramolecular Hbond substituents is 1. The van der Waals surface area contributed by atoms with E-state index < -0.39 is 5.91 Å². The molecule has 0 aliphatic rings. The number of phenols is 1. The first-order chi connectivity index (χ1) is 11.5. The van der Waals surface area contributed by atoms with Crippen molar-refractivity contribution in [2.45, 2.75) is 58.3 Å². The average Bonchev–Trinajstić information content (AvgIpc) is 2.55. The van der Waals surface area contributed by atoms with Crippen molar-refractivity contribution in [2.24, 2.45) is 5.73 Å². The highest BCUT2D eigenvalue weighted by Crippen LogP contribution is 2.12. The molecule has 0 aromatic heterocycles. The van der Waals surface area contributed by atoms with Gasteiger partial charge in [-0.25, -0.2) is 0 Å². The summed E-state index contributed by atoms with van der Waals surface area (Å²) >= 11 is 0. The second-order valence-electron chi connectivity index (χ2n) is 5.93. The Bertz CT molecular complexity index is 550. The van der Waals surface area contributed by atoms with Crippen LogP contribution in [-0.2, 0) is 9.59 Å². The number of unbranched alkanes of at least 4 members (excludes halogenated alkanes) is 6. The first kappa shape index (κ1) is 19.7. The first-order valence-electron chi connectivity index (χ1n) is 8.63. The molecule has 0 atom stereocenters. The standard InChI is InChI=1S/C19H28N2O3/c1-2-3-4-5-6-7-8-9-18(23)21-17(19(20)24)14-15-10-12-16(22)13-11-15/h10-14,22H,2-9H2,1H3,(H2,20,24)(H,21,23). The molecule has 0 aliphatic carbocycles. The molecule has 24 heavy (non-hydrogen) atoms. The highest BCUT2D eigenvalue weighted by atomic mass is 16.3. The van der Waals surface area contributed by atoms with Crippen LogP contribution in [-0.4, -0.2) is 16.9 Å². The van der Waals surface area contributed by atoms with Gasteiger partial charge in [0.2, 0.25) is 5.91 Å². The van der Waals surface area contributed by atoms with Crippen LogP contribution in [0.5, 0.6) is 5.75 Å². The number of amides is 2. The maximum Gasteiger partial charge on any atom is 0.265 e. The summed E-state index contributed by atoms with van der Waals surface area (Å²) in [6.45, 7) is 2.19. The molecule has 0 bridgehead atoms. The number of hydrogen-bond acceptors (Lipinski definition) is 3. The van der Waals surface area contributed by atoms with E-state index in [4.69, 9.17) is 5.73 Å². The topological polar surface area (TPSA) is 92.4 Å². The Labute approximate surface area is 143 Å². The summed E-state index contributed by atoms with van der Waals surface area (Å²) in [5.74, 6) is -0.751. The van der Waals surface area contributed by atoms with Gasteiger partial charge in [-0.3, -0.25) is 9.59 Å². The quantitative estimate of drug-likeness (QED) is 0.428. The zero-order valence-electron chi connectivity index (χ0n) is 14.4. The molecule has 0 saturated carbocycles. The average molecular weight is 332 g/mol. The lowest BCUT2D eigenvalue weighted by Crippen LogP contribution is -2.30. The predicted octanol–water partition coefficient (Wildman–Crippen LogP) is 3.48. The third kappa shape index (κ3) is 8.36. The number of aromatic hydroxyl groups is 1. The summed E-state index contributed by atoms with van der Waals surface area (Å²) in [6, 6.07) is 6.29. The largest absolute Gasteiger partial charge is 0.508 e. The summed E-state index contributed by atoms with van der Waals surface area (Å²) in [5, 5.41) is 11.8. The van der Waals surface area contributed by atoms with Gasteiger partial charge in [0, 0.05) is 6.42 Å². The summed E-state index contributed by atoms with van der Waals surface area (Å²) in [5.41, 5.74) is 6.06. The molecule has 132 valence electrons. The Morgan fingerprint density at radius 2 is 1.62 bits per heavy atom. The van der Waals surface area contributed by atoms with Crippen LogP contribution in [0.4, 0.5) is 0 Å². The van der Waals surface area contributed by atoms with Crippen molar-refractivity contribution >= 4 is 17.9 Å². The van der Waals surface area contributed by atoms with E-state index in [-0.39, 0.29) is 17.4 Å². The molecule has 5 nitrogen and oxygen atoms in total. The molecule has 0 heterocycles. The van der Waals surface area contributed by atoms with Gasteiger partial charge < -0.3 is 16.2 Å². The van der Waals surface area contributed by atoms with Gasteiger partial charge in [0.25, 0.3) is 5.91 Å². The van der Waals surface area contributed by atoms with Gasteiger partial charge in [-0.2, -0.15) is 0 Å². The molecule has 0 spiro atoms. The van der Waals surface area contributed by atoms with Gasteiger partial charge in [-0.1, -0.05) is 57.6 Å². The van der Waals surface area contributed by atoms with Crippen molar-refractivity contribution < 1.29 is 14.7 Å². The summed E-state index contributed by atoms with van der Waals surface area (Å²) < 4.78 is 0. The molecule has 5 heteroatoms. The molecular formula is C19H28N2O3. The molecule has 2 amide bonds. The smallest absolute Gasteiger partial charge is 0.265 e. The van der Waals surface area contributed by atoms with E-state index in [1.807, 2.05) is 0 Å². The highest BCUT2D eigenvalue weighted by molar-refractivity contribution is 6.00. The van der Waals surface area contributed by atoms with Crippen LogP contribution in [0.25, 0.3) is 6.08 Å². The van der Waals surface area contributed by atoms with Crippen LogP contribution in [0.15, 0.2) is 30.0 Å². The van der Waals surface area contributed by atoms with E-state index in [1.54, 1.807) is 12.1 Å². The molecule has 0 saturated heterocycles. The summed E-state index contributed by atoms with van der Waals surface area (Å²) in [6.07, 6.45) is 9.81. The van der Waals surface area contributed by atoms with Crippen molar-refractivity contribution in [3.63, 3.8) is 0 Å². The molecule has 0 aliphatic heterocycles. The summed E-state index contributed by atoms with van der Waals surface area (Å²) in [4.78, 5) is 23.4. The van der Waals surface area contributed by atoms with Crippen LogP contribution in [0, 0.1) is 0 Å². The number of carbonyl (C=O) groups excluding carboxylic acids is 2. The van der Waals surface area contributed by atoms with Crippen molar-refractivity contribution in [1.29, 1.82) is 0 Å². The number of carbonyl (C=O) groups is 2. The van der Waals surface area contributed by atoms with Crippen LogP contribution < -0.4 is 11.1 Å². The van der Waals surface area contributed by atoms with Crippen molar-refractivity contribution in [1.82, 2.24) is 5.32 Å². The van der Waals surface area contributed by atoms with Crippen molar-refractivity contribution in [3.05, 3.63) is 35.5 Å². The lowest BCUT2D eigenvalue weighted by molar-refractivity contribution is -0.122. The number of hydrogen-bond donors (Lipinski definition) is 3. The molecular weight excluding hydrogens is 304 g/mol. The lowest BCUT2D eigenvalue weighted by Gasteiger charge is -2.07. The SMILES string of the molecule is CCCCCCCCCC(=O)NC(=Cc1ccc(O)cc1)C(N)=O. The Balaban J connectivity index is 2.40. The van der Waals surface area contributed by atoms with Crippen LogP contribution in [0.2, 0.25) is 0 Å². The highest BCUT2D eigenvalue weighted by Gasteiger charge is 2.09. The number of nitrogens with two attached hydrogens (primary N) is 1. The van der Waals surface area contributed by atoms with Crippen molar-refractivity contribution in [3.8, 4) is 5.75 Å². The Morgan fingerprint density at radius 1 is 1.04 bits per heavy atom. The predicted molar refractivity (Wildman–Crippen MR) is 96.0 cm³/mol. The Kier molecular flexibility index (Phi) is 9.27. The maximum absolute atomic E-state index is 11.9.